The number of piperidine rings is 1. The number of amides is 1. The number of carbonyl (C=O) groups is 1. The minimum atomic E-state index is -0.296. The molecule has 0 bridgehead atoms. The van der Waals surface area contributed by atoms with Crippen LogP contribution in [0.25, 0.3) is 0 Å². The fraction of sp³-hybridized carbons (Fsp3) is 0.292. The van der Waals surface area contributed by atoms with E-state index in [0.717, 1.165) is 43.7 Å². The Morgan fingerprint density at radius 3 is 2.50 bits per heavy atom. The SMILES string of the molecule is Cc1ccc(NC(=O)c2ccc(N3CCC(Cc4ccccc4)CC3)nn2)cc1Cl. The van der Waals surface area contributed by atoms with Gasteiger partial charge in [0.25, 0.3) is 5.91 Å². The fourth-order valence-corrected chi connectivity index (χ4v) is 3.97. The molecule has 0 saturated carbocycles. The van der Waals surface area contributed by atoms with E-state index in [0.29, 0.717) is 16.6 Å². The normalized spacial score (nSPS) is 14.5. The summed E-state index contributed by atoms with van der Waals surface area (Å²) in [4.78, 5) is 14.7. The van der Waals surface area contributed by atoms with Crippen molar-refractivity contribution in [3.63, 3.8) is 0 Å². The molecule has 2 aromatic carbocycles. The van der Waals surface area contributed by atoms with Gasteiger partial charge in [-0.3, -0.25) is 4.79 Å². The Hall–Kier alpha value is -2.92. The molecular formula is C24H25ClN4O. The van der Waals surface area contributed by atoms with E-state index in [1.165, 1.54) is 5.56 Å². The Morgan fingerprint density at radius 1 is 1.07 bits per heavy atom. The number of hydrogen-bond donors (Lipinski definition) is 1. The van der Waals surface area contributed by atoms with Crippen LogP contribution in [0.4, 0.5) is 11.5 Å². The highest BCUT2D eigenvalue weighted by atomic mass is 35.5. The number of aryl methyl sites for hydroxylation is 1. The van der Waals surface area contributed by atoms with Gasteiger partial charge in [0.05, 0.1) is 0 Å². The lowest BCUT2D eigenvalue weighted by Crippen LogP contribution is -2.35. The molecule has 1 aromatic heterocycles. The third-order valence-corrected chi connectivity index (χ3v) is 6.03. The van der Waals surface area contributed by atoms with Crippen molar-refractivity contribution >= 4 is 29.0 Å². The molecule has 154 valence electrons. The lowest BCUT2D eigenvalue weighted by Gasteiger charge is -2.32. The number of aromatic nitrogens is 2. The number of anilines is 2. The maximum Gasteiger partial charge on any atom is 0.276 e. The van der Waals surface area contributed by atoms with Crippen molar-refractivity contribution in [3.8, 4) is 0 Å². The summed E-state index contributed by atoms with van der Waals surface area (Å²) in [6.45, 7) is 3.84. The van der Waals surface area contributed by atoms with Crippen molar-refractivity contribution in [1.82, 2.24) is 10.2 Å². The summed E-state index contributed by atoms with van der Waals surface area (Å²) in [5.74, 6) is 1.22. The van der Waals surface area contributed by atoms with Crippen LogP contribution in [0.3, 0.4) is 0 Å². The first-order chi connectivity index (χ1) is 14.6. The van der Waals surface area contributed by atoms with Gasteiger partial charge in [0.15, 0.2) is 11.5 Å². The Kier molecular flexibility index (Phi) is 6.29. The van der Waals surface area contributed by atoms with Crippen LogP contribution >= 0.6 is 11.6 Å². The van der Waals surface area contributed by atoms with Crippen molar-refractivity contribution in [1.29, 1.82) is 0 Å². The van der Waals surface area contributed by atoms with Gasteiger partial charge in [-0.05, 0) is 67.5 Å². The Bertz CT molecular complexity index is 999. The molecule has 1 amide bonds. The zero-order chi connectivity index (χ0) is 20.9. The van der Waals surface area contributed by atoms with Crippen molar-refractivity contribution in [2.45, 2.75) is 26.2 Å². The number of benzene rings is 2. The molecule has 0 radical (unpaired) electrons. The molecule has 0 spiro atoms. The molecular weight excluding hydrogens is 396 g/mol. The Morgan fingerprint density at radius 2 is 1.83 bits per heavy atom. The van der Waals surface area contributed by atoms with Gasteiger partial charge in [-0.2, -0.15) is 0 Å². The predicted octanol–water partition coefficient (Wildman–Crippen LogP) is 5.15. The van der Waals surface area contributed by atoms with E-state index in [2.05, 4.69) is 50.7 Å². The maximum atomic E-state index is 12.4. The highest BCUT2D eigenvalue weighted by Crippen LogP contribution is 2.25. The van der Waals surface area contributed by atoms with Crippen molar-refractivity contribution in [3.05, 3.63) is 82.5 Å². The summed E-state index contributed by atoms with van der Waals surface area (Å²) in [6, 6.07) is 19.7. The molecule has 0 atom stereocenters. The number of carbonyl (C=O) groups excluding carboxylic acids is 1. The molecule has 1 saturated heterocycles. The number of nitrogens with zero attached hydrogens (tertiary/aromatic N) is 3. The zero-order valence-electron chi connectivity index (χ0n) is 17.0. The summed E-state index contributed by atoms with van der Waals surface area (Å²) in [7, 11) is 0. The van der Waals surface area contributed by atoms with Gasteiger partial charge >= 0.3 is 0 Å². The average molecular weight is 421 g/mol. The van der Waals surface area contributed by atoms with Gasteiger partial charge in [0.1, 0.15) is 0 Å². The molecule has 1 aliphatic rings. The summed E-state index contributed by atoms with van der Waals surface area (Å²) in [5, 5.41) is 11.9. The highest BCUT2D eigenvalue weighted by molar-refractivity contribution is 6.31. The number of nitrogens with one attached hydrogen (secondary N) is 1. The van der Waals surface area contributed by atoms with Crippen LogP contribution in [0.15, 0.2) is 60.7 Å². The van der Waals surface area contributed by atoms with Gasteiger partial charge in [0, 0.05) is 23.8 Å². The second kappa shape index (κ2) is 9.26. The van der Waals surface area contributed by atoms with Crippen LogP contribution < -0.4 is 10.2 Å². The van der Waals surface area contributed by atoms with E-state index in [1.54, 1.807) is 12.1 Å². The van der Waals surface area contributed by atoms with Crippen molar-refractivity contribution in [2.75, 3.05) is 23.3 Å². The maximum absolute atomic E-state index is 12.4. The van der Waals surface area contributed by atoms with E-state index in [1.807, 2.05) is 25.1 Å². The second-order valence-corrected chi connectivity index (χ2v) is 8.22. The predicted molar refractivity (Wildman–Crippen MR) is 121 cm³/mol. The third kappa shape index (κ3) is 4.97. The summed E-state index contributed by atoms with van der Waals surface area (Å²) in [6.07, 6.45) is 3.39. The van der Waals surface area contributed by atoms with E-state index in [-0.39, 0.29) is 11.6 Å². The molecule has 3 aromatic rings. The lowest BCUT2D eigenvalue weighted by molar-refractivity contribution is 0.102. The van der Waals surface area contributed by atoms with Gasteiger partial charge in [-0.1, -0.05) is 48.0 Å². The first-order valence-corrected chi connectivity index (χ1v) is 10.7. The third-order valence-electron chi connectivity index (χ3n) is 5.62. The summed E-state index contributed by atoms with van der Waals surface area (Å²) in [5.41, 5.74) is 3.30. The molecule has 0 unspecified atom stereocenters. The molecule has 1 aliphatic heterocycles. The Labute approximate surface area is 182 Å². The van der Waals surface area contributed by atoms with E-state index in [4.69, 9.17) is 11.6 Å². The molecule has 5 nitrogen and oxygen atoms in total. The summed E-state index contributed by atoms with van der Waals surface area (Å²) >= 11 is 6.12. The van der Waals surface area contributed by atoms with E-state index < -0.39 is 0 Å². The molecule has 1 N–H and O–H groups in total. The molecule has 4 rings (SSSR count). The van der Waals surface area contributed by atoms with Crippen LogP contribution in [0.1, 0.15) is 34.5 Å². The molecule has 30 heavy (non-hydrogen) atoms. The summed E-state index contributed by atoms with van der Waals surface area (Å²) < 4.78 is 0. The number of hydrogen-bond acceptors (Lipinski definition) is 4. The minimum Gasteiger partial charge on any atom is -0.355 e. The van der Waals surface area contributed by atoms with Gasteiger partial charge in [-0.25, -0.2) is 0 Å². The molecule has 0 aliphatic carbocycles. The highest BCUT2D eigenvalue weighted by Gasteiger charge is 2.21. The lowest BCUT2D eigenvalue weighted by atomic mass is 9.90. The minimum absolute atomic E-state index is 0.286. The smallest absolute Gasteiger partial charge is 0.276 e. The molecule has 6 heteroatoms. The number of halogens is 1. The molecule has 2 heterocycles. The van der Waals surface area contributed by atoms with Crippen LogP contribution in [-0.2, 0) is 6.42 Å². The topological polar surface area (TPSA) is 58.1 Å². The van der Waals surface area contributed by atoms with Gasteiger partial charge in [0.2, 0.25) is 0 Å². The average Bonchev–Trinajstić information content (AvgIpc) is 2.78. The quantitative estimate of drug-likeness (QED) is 0.620. The van der Waals surface area contributed by atoms with Crippen LogP contribution in [-0.4, -0.2) is 29.2 Å². The first kappa shape index (κ1) is 20.4. The van der Waals surface area contributed by atoms with Crippen LogP contribution in [0.5, 0.6) is 0 Å². The van der Waals surface area contributed by atoms with Crippen molar-refractivity contribution in [2.24, 2.45) is 5.92 Å². The fourth-order valence-electron chi connectivity index (χ4n) is 3.79. The van der Waals surface area contributed by atoms with Crippen molar-refractivity contribution < 1.29 is 4.79 Å². The van der Waals surface area contributed by atoms with Gasteiger partial charge < -0.3 is 10.2 Å². The molecule has 1 fully saturated rings. The van der Waals surface area contributed by atoms with E-state index >= 15 is 0 Å². The zero-order valence-corrected chi connectivity index (χ0v) is 17.8. The van der Waals surface area contributed by atoms with Gasteiger partial charge in [-0.15, -0.1) is 10.2 Å². The van der Waals surface area contributed by atoms with E-state index in [9.17, 15) is 4.79 Å². The monoisotopic (exact) mass is 420 g/mol. The Balaban J connectivity index is 1.32. The number of rotatable bonds is 5. The second-order valence-electron chi connectivity index (χ2n) is 7.82. The standard InChI is InChI=1S/C24H25ClN4O/c1-17-7-8-20(16-21(17)25)26-24(30)22-9-10-23(28-27-22)29-13-11-19(12-14-29)15-18-5-3-2-4-6-18/h2-10,16,19H,11-15H2,1H3,(H,26,30). The van der Waals surface area contributed by atoms with Crippen LogP contribution in [0.2, 0.25) is 5.02 Å². The van der Waals surface area contributed by atoms with Crippen LogP contribution in [0, 0.1) is 12.8 Å². The largest absolute Gasteiger partial charge is 0.355 e. The first-order valence-electron chi connectivity index (χ1n) is 10.3.